The fourth-order valence-corrected chi connectivity index (χ4v) is 3.85. The van der Waals surface area contributed by atoms with E-state index in [1.807, 2.05) is 6.92 Å². The van der Waals surface area contributed by atoms with Crippen LogP contribution in [0.15, 0.2) is 34.3 Å². The van der Waals surface area contributed by atoms with Crippen LogP contribution in [0.1, 0.15) is 31.6 Å². The number of sulfonamides is 1. The minimum atomic E-state index is -3.74. The zero-order chi connectivity index (χ0) is 18.2. The van der Waals surface area contributed by atoms with Crippen molar-refractivity contribution in [2.24, 2.45) is 5.14 Å². The smallest absolute Gasteiger partial charge is 0.238 e. The van der Waals surface area contributed by atoms with E-state index in [1.165, 1.54) is 36.0 Å². The molecule has 10 heteroatoms. The topological polar surface area (TPSA) is 120 Å². The van der Waals surface area contributed by atoms with Gasteiger partial charge in [-0.1, -0.05) is 11.8 Å². The third-order valence-corrected chi connectivity index (χ3v) is 5.83. The number of nitrogens with one attached hydrogen (secondary N) is 1. The number of hydrogen-bond donors (Lipinski definition) is 2. The Bertz CT molecular complexity index is 888. The van der Waals surface area contributed by atoms with Gasteiger partial charge in [-0.3, -0.25) is 4.79 Å². The lowest BCUT2D eigenvalue weighted by Gasteiger charge is -2.13. The van der Waals surface area contributed by atoms with Crippen molar-refractivity contribution in [2.45, 2.75) is 48.0 Å². The monoisotopic (exact) mass is 381 g/mol. The second-order valence-corrected chi connectivity index (χ2v) is 8.82. The quantitative estimate of drug-likeness (QED) is 0.735. The first-order valence-electron chi connectivity index (χ1n) is 7.77. The Morgan fingerprint density at radius 1 is 1.32 bits per heavy atom. The number of aromatic nitrogens is 3. The molecule has 3 N–H and O–H groups in total. The maximum Gasteiger partial charge on any atom is 0.238 e. The number of carbonyl (C=O) groups is 1. The SMILES string of the molecule is Cc1nnc(S[C@@H](C)C(=O)Nc2ccc(S(N)(=O)=O)cc2)n1C1CC1. The van der Waals surface area contributed by atoms with Crippen molar-refractivity contribution in [1.82, 2.24) is 14.8 Å². The second kappa shape index (κ2) is 6.77. The number of hydrogen-bond acceptors (Lipinski definition) is 6. The van der Waals surface area contributed by atoms with Gasteiger partial charge >= 0.3 is 0 Å². The van der Waals surface area contributed by atoms with Crippen molar-refractivity contribution in [1.29, 1.82) is 0 Å². The minimum Gasteiger partial charge on any atom is -0.325 e. The summed E-state index contributed by atoms with van der Waals surface area (Å²) in [5, 5.41) is 16.4. The molecule has 1 aliphatic carbocycles. The number of anilines is 1. The van der Waals surface area contributed by atoms with Crippen molar-refractivity contribution in [2.75, 3.05) is 5.32 Å². The molecule has 134 valence electrons. The van der Waals surface area contributed by atoms with E-state index in [4.69, 9.17) is 5.14 Å². The Hall–Kier alpha value is -1.91. The van der Waals surface area contributed by atoms with Gasteiger partial charge in [-0.15, -0.1) is 10.2 Å². The molecule has 1 atom stereocenters. The summed E-state index contributed by atoms with van der Waals surface area (Å²) >= 11 is 1.36. The largest absolute Gasteiger partial charge is 0.325 e. The van der Waals surface area contributed by atoms with Crippen molar-refractivity contribution in [3.05, 3.63) is 30.1 Å². The lowest BCUT2D eigenvalue weighted by molar-refractivity contribution is -0.115. The molecule has 0 spiro atoms. The summed E-state index contributed by atoms with van der Waals surface area (Å²) < 4.78 is 24.6. The van der Waals surface area contributed by atoms with E-state index in [9.17, 15) is 13.2 Å². The summed E-state index contributed by atoms with van der Waals surface area (Å²) in [6, 6.07) is 6.17. The minimum absolute atomic E-state index is 0.000864. The Morgan fingerprint density at radius 2 is 1.96 bits per heavy atom. The van der Waals surface area contributed by atoms with E-state index in [-0.39, 0.29) is 16.1 Å². The van der Waals surface area contributed by atoms with E-state index >= 15 is 0 Å². The van der Waals surface area contributed by atoms with Crippen LogP contribution >= 0.6 is 11.8 Å². The molecule has 1 heterocycles. The van der Waals surface area contributed by atoms with Crippen LogP contribution < -0.4 is 10.5 Å². The van der Waals surface area contributed by atoms with Crippen LogP contribution in [0.2, 0.25) is 0 Å². The molecule has 1 aliphatic rings. The molecule has 1 aromatic carbocycles. The van der Waals surface area contributed by atoms with Crippen LogP contribution in [0.25, 0.3) is 0 Å². The van der Waals surface area contributed by atoms with E-state index in [0.717, 1.165) is 23.8 Å². The highest BCUT2D eigenvalue weighted by molar-refractivity contribution is 8.00. The number of nitrogens with two attached hydrogens (primary N) is 1. The van der Waals surface area contributed by atoms with Gasteiger partial charge in [0, 0.05) is 11.7 Å². The van der Waals surface area contributed by atoms with Gasteiger partial charge in [0.2, 0.25) is 15.9 Å². The van der Waals surface area contributed by atoms with E-state index < -0.39 is 10.0 Å². The van der Waals surface area contributed by atoms with Gasteiger partial charge in [-0.05, 0) is 51.0 Å². The number of thioether (sulfide) groups is 1. The first-order chi connectivity index (χ1) is 11.8. The summed E-state index contributed by atoms with van der Waals surface area (Å²) in [6.07, 6.45) is 2.23. The Kier molecular flexibility index (Phi) is 4.85. The molecule has 1 amide bonds. The molecule has 1 saturated carbocycles. The van der Waals surface area contributed by atoms with Gasteiger partial charge in [-0.2, -0.15) is 0 Å². The van der Waals surface area contributed by atoms with Crippen LogP contribution in [0.5, 0.6) is 0 Å². The predicted octanol–water partition coefficient (Wildman–Crippen LogP) is 1.69. The average Bonchev–Trinajstić information content (AvgIpc) is 3.31. The summed E-state index contributed by atoms with van der Waals surface area (Å²) in [5.74, 6) is 0.660. The summed E-state index contributed by atoms with van der Waals surface area (Å²) in [6.45, 7) is 3.70. The fraction of sp³-hybridized carbons (Fsp3) is 0.400. The first kappa shape index (κ1) is 17.9. The van der Waals surface area contributed by atoms with Crippen LogP contribution in [0.3, 0.4) is 0 Å². The van der Waals surface area contributed by atoms with Crippen molar-refractivity contribution in [3.63, 3.8) is 0 Å². The van der Waals surface area contributed by atoms with Gasteiger partial charge in [0.05, 0.1) is 10.1 Å². The van der Waals surface area contributed by atoms with Crippen molar-refractivity contribution >= 4 is 33.4 Å². The predicted molar refractivity (Wildman–Crippen MR) is 94.8 cm³/mol. The van der Waals surface area contributed by atoms with Crippen LogP contribution in [0, 0.1) is 6.92 Å². The van der Waals surface area contributed by atoms with Gasteiger partial charge in [0.25, 0.3) is 0 Å². The molecule has 0 unspecified atom stereocenters. The molecule has 1 fully saturated rings. The lowest BCUT2D eigenvalue weighted by atomic mass is 10.3. The lowest BCUT2D eigenvalue weighted by Crippen LogP contribution is -2.23. The highest BCUT2D eigenvalue weighted by Crippen LogP contribution is 2.39. The van der Waals surface area contributed by atoms with E-state index in [0.29, 0.717) is 11.7 Å². The Balaban J connectivity index is 1.65. The third-order valence-electron chi connectivity index (χ3n) is 3.85. The Labute approximate surface area is 150 Å². The van der Waals surface area contributed by atoms with Gasteiger partial charge in [-0.25, -0.2) is 13.6 Å². The number of benzene rings is 1. The number of aryl methyl sites for hydroxylation is 1. The molecule has 1 aromatic heterocycles. The average molecular weight is 381 g/mol. The highest BCUT2D eigenvalue weighted by atomic mass is 32.2. The maximum atomic E-state index is 12.4. The van der Waals surface area contributed by atoms with Crippen LogP contribution in [-0.2, 0) is 14.8 Å². The molecule has 3 rings (SSSR count). The van der Waals surface area contributed by atoms with Gasteiger partial charge in [0.1, 0.15) is 5.82 Å². The molecule has 0 saturated heterocycles. The number of amides is 1. The third kappa shape index (κ3) is 4.20. The second-order valence-electron chi connectivity index (χ2n) is 5.95. The molecule has 0 bridgehead atoms. The number of primary sulfonamides is 1. The molecular weight excluding hydrogens is 362 g/mol. The number of rotatable bonds is 6. The number of nitrogens with zero attached hydrogens (tertiary/aromatic N) is 3. The molecule has 0 aliphatic heterocycles. The fourth-order valence-electron chi connectivity index (χ4n) is 2.37. The summed E-state index contributed by atoms with van der Waals surface area (Å²) in [4.78, 5) is 12.4. The molecular formula is C15H19N5O3S2. The molecule has 0 radical (unpaired) electrons. The van der Waals surface area contributed by atoms with Gasteiger partial charge in [0.15, 0.2) is 5.16 Å². The van der Waals surface area contributed by atoms with Gasteiger partial charge < -0.3 is 9.88 Å². The zero-order valence-electron chi connectivity index (χ0n) is 13.8. The van der Waals surface area contributed by atoms with Crippen molar-refractivity contribution < 1.29 is 13.2 Å². The van der Waals surface area contributed by atoms with Crippen molar-refractivity contribution in [3.8, 4) is 0 Å². The molecule has 25 heavy (non-hydrogen) atoms. The zero-order valence-corrected chi connectivity index (χ0v) is 15.5. The summed E-state index contributed by atoms with van der Waals surface area (Å²) in [5.41, 5.74) is 0.504. The van der Waals surface area contributed by atoms with Crippen LogP contribution in [0.4, 0.5) is 5.69 Å². The molecule has 2 aromatic rings. The normalized spacial score (nSPS) is 15.8. The Morgan fingerprint density at radius 3 is 2.52 bits per heavy atom. The van der Waals surface area contributed by atoms with E-state index in [2.05, 4.69) is 20.1 Å². The maximum absolute atomic E-state index is 12.4. The van der Waals surface area contributed by atoms with E-state index in [1.54, 1.807) is 6.92 Å². The summed E-state index contributed by atoms with van der Waals surface area (Å²) in [7, 11) is -3.74. The highest BCUT2D eigenvalue weighted by Gasteiger charge is 2.29. The standard InChI is InChI=1S/C15H19N5O3S2/c1-9(24-15-19-18-10(2)20(15)12-5-6-12)14(21)17-11-3-7-13(8-4-11)25(16,22)23/h3-4,7-9,12H,5-6H2,1-2H3,(H,17,21)(H2,16,22,23)/t9-/m0/s1. The van der Waals surface area contributed by atoms with Crippen LogP contribution in [-0.4, -0.2) is 34.3 Å². The number of carbonyl (C=O) groups excluding carboxylic acids is 1. The molecule has 8 nitrogen and oxygen atoms in total. The first-order valence-corrected chi connectivity index (χ1v) is 10.2.